The summed E-state index contributed by atoms with van der Waals surface area (Å²) in [4.78, 5) is 23.6. The number of carbonyl (C=O) groups is 2. The van der Waals surface area contributed by atoms with E-state index in [0.717, 1.165) is 24.1 Å². The maximum absolute atomic E-state index is 12.2. The maximum atomic E-state index is 12.2. The van der Waals surface area contributed by atoms with Crippen LogP contribution >= 0.6 is 0 Å². The minimum absolute atomic E-state index is 0.0148. The maximum Gasteiger partial charge on any atom is 0.307 e. The minimum Gasteiger partial charge on any atom is -0.481 e. The van der Waals surface area contributed by atoms with Crippen molar-refractivity contribution in [1.29, 1.82) is 0 Å². The van der Waals surface area contributed by atoms with Crippen molar-refractivity contribution < 1.29 is 14.7 Å². The number of hydrogen-bond donors (Lipinski definition) is 2. The quantitative estimate of drug-likeness (QED) is 0.892. The number of carbonyl (C=O) groups excluding carboxylic acids is 1. The zero-order valence-corrected chi connectivity index (χ0v) is 12.8. The van der Waals surface area contributed by atoms with Crippen molar-refractivity contribution in [1.82, 2.24) is 0 Å². The molecule has 0 aliphatic heterocycles. The van der Waals surface area contributed by atoms with Crippen LogP contribution in [0.3, 0.4) is 0 Å². The molecule has 0 aromatic heterocycles. The van der Waals surface area contributed by atoms with Crippen LogP contribution in [0.4, 0.5) is 5.69 Å². The average Bonchev–Trinajstić information content (AvgIpc) is 2.87. The van der Waals surface area contributed by atoms with E-state index in [0.29, 0.717) is 6.42 Å². The van der Waals surface area contributed by atoms with Gasteiger partial charge in [0.25, 0.3) is 0 Å². The summed E-state index contributed by atoms with van der Waals surface area (Å²) < 4.78 is 0. The summed E-state index contributed by atoms with van der Waals surface area (Å²) in [5.41, 5.74) is 1.21. The lowest BCUT2D eigenvalue weighted by Crippen LogP contribution is -2.28. The Bertz CT molecular complexity index is 545. The van der Waals surface area contributed by atoms with Crippen LogP contribution < -0.4 is 5.32 Å². The molecule has 1 aliphatic rings. The first-order valence-electron chi connectivity index (χ1n) is 7.44. The summed E-state index contributed by atoms with van der Waals surface area (Å²) in [6.07, 6.45) is 2.49. The summed E-state index contributed by atoms with van der Waals surface area (Å²) >= 11 is 0. The minimum atomic E-state index is -0.741. The van der Waals surface area contributed by atoms with Gasteiger partial charge in [-0.2, -0.15) is 0 Å². The first-order chi connectivity index (χ1) is 9.80. The number of para-hydroxylation sites is 1. The summed E-state index contributed by atoms with van der Waals surface area (Å²) in [7, 11) is 0. The molecule has 0 radical (unpaired) electrons. The standard InChI is InChI=1S/C17H23NO3/c1-17(2,3)16(21)18-14-10-5-4-7-12(14)11-8-6-9-13(11)15(19)20/h4-5,7,10-11,13H,6,8-9H2,1-3H3,(H,18,21)(H,19,20)/t11?,13-/m1/s1. The van der Waals surface area contributed by atoms with Gasteiger partial charge in [-0.1, -0.05) is 45.4 Å². The first-order valence-corrected chi connectivity index (χ1v) is 7.44. The molecule has 1 aromatic rings. The Morgan fingerprint density at radius 3 is 2.48 bits per heavy atom. The first kappa shape index (κ1) is 15.5. The number of nitrogens with one attached hydrogen (secondary N) is 1. The van der Waals surface area contributed by atoms with Crippen LogP contribution in [-0.2, 0) is 9.59 Å². The lowest BCUT2D eigenvalue weighted by Gasteiger charge is -2.23. The molecule has 1 aliphatic carbocycles. The van der Waals surface area contributed by atoms with Crippen LogP contribution in [0, 0.1) is 11.3 Å². The van der Waals surface area contributed by atoms with Gasteiger partial charge in [0.15, 0.2) is 0 Å². The lowest BCUT2D eigenvalue weighted by atomic mass is 9.87. The van der Waals surface area contributed by atoms with E-state index >= 15 is 0 Å². The topological polar surface area (TPSA) is 66.4 Å². The fourth-order valence-electron chi connectivity index (χ4n) is 2.87. The smallest absolute Gasteiger partial charge is 0.307 e. The van der Waals surface area contributed by atoms with E-state index in [4.69, 9.17) is 0 Å². The highest BCUT2D eigenvalue weighted by atomic mass is 16.4. The van der Waals surface area contributed by atoms with Gasteiger partial charge in [0.05, 0.1) is 5.92 Å². The van der Waals surface area contributed by atoms with Crippen molar-refractivity contribution in [3.8, 4) is 0 Å². The molecule has 0 spiro atoms. The molecule has 4 nitrogen and oxygen atoms in total. The molecule has 0 heterocycles. The number of aliphatic carboxylic acids is 1. The van der Waals surface area contributed by atoms with E-state index in [1.54, 1.807) is 0 Å². The molecule has 1 fully saturated rings. The second-order valence-electron chi connectivity index (χ2n) is 6.77. The monoisotopic (exact) mass is 289 g/mol. The largest absolute Gasteiger partial charge is 0.481 e. The molecular formula is C17H23NO3. The Labute approximate surface area is 125 Å². The third-order valence-electron chi connectivity index (χ3n) is 4.12. The van der Waals surface area contributed by atoms with Crippen molar-refractivity contribution in [2.24, 2.45) is 11.3 Å². The van der Waals surface area contributed by atoms with E-state index in [-0.39, 0.29) is 17.7 Å². The van der Waals surface area contributed by atoms with Crippen molar-refractivity contribution in [3.05, 3.63) is 29.8 Å². The Kier molecular flexibility index (Phi) is 4.35. The third-order valence-corrected chi connectivity index (χ3v) is 4.12. The van der Waals surface area contributed by atoms with E-state index in [9.17, 15) is 14.7 Å². The highest BCUT2D eigenvalue weighted by Crippen LogP contribution is 2.42. The number of anilines is 1. The van der Waals surface area contributed by atoms with E-state index in [1.165, 1.54) is 0 Å². The Balaban J connectivity index is 2.29. The number of amides is 1. The SMILES string of the molecule is CC(C)(C)C(=O)Nc1ccccc1C1CCC[C@H]1C(=O)O. The number of hydrogen-bond acceptors (Lipinski definition) is 2. The molecule has 2 N–H and O–H groups in total. The van der Waals surface area contributed by atoms with Gasteiger partial charge < -0.3 is 10.4 Å². The fourth-order valence-corrected chi connectivity index (χ4v) is 2.87. The van der Waals surface area contributed by atoms with E-state index in [2.05, 4.69) is 5.32 Å². The van der Waals surface area contributed by atoms with Gasteiger partial charge in [-0.05, 0) is 30.4 Å². The highest BCUT2D eigenvalue weighted by molar-refractivity contribution is 5.95. The second-order valence-corrected chi connectivity index (χ2v) is 6.77. The predicted molar refractivity (Wildman–Crippen MR) is 82.2 cm³/mol. The summed E-state index contributed by atoms with van der Waals surface area (Å²) in [5.74, 6) is -1.16. The van der Waals surface area contributed by atoms with Gasteiger partial charge in [0, 0.05) is 11.1 Å². The van der Waals surface area contributed by atoms with Crippen molar-refractivity contribution in [2.45, 2.75) is 46.0 Å². The zero-order valence-electron chi connectivity index (χ0n) is 12.8. The van der Waals surface area contributed by atoms with Gasteiger partial charge in [0.1, 0.15) is 0 Å². The van der Waals surface area contributed by atoms with Crippen molar-refractivity contribution >= 4 is 17.6 Å². The third kappa shape index (κ3) is 3.43. The molecule has 21 heavy (non-hydrogen) atoms. The van der Waals surface area contributed by atoms with Gasteiger partial charge in [0.2, 0.25) is 5.91 Å². The van der Waals surface area contributed by atoms with Gasteiger partial charge in [-0.15, -0.1) is 0 Å². The molecular weight excluding hydrogens is 266 g/mol. The average molecular weight is 289 g/mol. The predicted octanol–water partition coefficient (Wildman–Crippen LogP) is 3.64. The second kappa shape index (κ2) is 5.88. The summed E-state index contributed by atoms with van der Waals surface area (Å²) in [6.45, 7) is 5.59. The van der Waals surface area contributed by atoms with E-state index in [1.807, 2.05) is 45.0 Å². The fraction of sp³-hybridized carbons (Fsp3) is 0.529. The van der Waals surface area contributed by atoms with Crippen LogP contribution in [0.1, 0.15) is 51.5 Å². The van der Waals surface area contributed by atoms with Gasteiger partial charge >= 0.3 is 5.97 Å². The van der Waals surface area contributed by atoms with Gasteiger partial charge in [-0.3, -0.25) is 9.59 Å². The number of carboxylic acid groups (broad SMARTS) is 1. The van der Waals surface area contributed by atoms with Crippen LogP contribution in [-0.4, -0.2) is 17.0 Å². The van der Waals surface area contributed by atoms with E-state index < -0.39 is 11.4 Å². The molecule has 1 amide bonds. The van der Waals surface area contributed by atoms with Gasteiger partial charge in [-0.25, -0.2) is 0 Å². The van der Waals surface area contributed by atoms with Crippen LogP contribution in [0.25, 0.3) is 0 Å². The normalized spacial score (nSPS) is 22.0. The molecule has 0 saturated heterocycles. The summed E-state index contributed by atoms with van der Waals surface area (Å²) in [6, 6.07) is 7.56. The molecule has 1 aromatic carbocycles. The van der Waals surface area contributed by atoms with Crippen molar-refractivity contribution in [2.75, 3.05) is 5.32 Å². The Morgan fingerprint density at radius 1 is 1.19 bits per heavy atom. The number of carboxylic acids is 1. The lowest BCUT2D eigenvalue weighted by molar-refractivity contribution is -0.142. The molecule has 0 bridgehead atoms. The zero-order chi connectivity index (χ0) is 15.6. The molecule has 1 unspecified atom stereocenters. The molecule has 2 atom stereocenters. The molecule has 4 heteroatoms. The number of rotatable bonds is 3. The molecule has 1 saturated carbocycles. The van der Waals surface area contributed by atoms with Crippen LogP contribution in [0.15, 0.2) is 24.3 Å². The number of benzene rings is 1. The Morgan fingerprint density at radius 2 is 1.86 bits per heavy atom. The molecule has 114 valence electrons. The highest BCUT2D eigenvalue weighted by Gasteiger charge is 2.35. The van der Waals surface area contributed by atoms with Crippen LogP contribution in [0.5, 0.6) is 0 Å². The van der Waals surface area contributed by atoms with Crippen molar-refractivity contribution in [3.63, 3.8) is 0 Å². The molecule has 2 rings (SSSR count). The summed E-state index contributed by atoms with van der Waals surface area (Å²) in [5, 5.41) is 12.3. The Hall–Kier alpha value is -1.84. The van der Waals surface area contributed by atoms with Crippen LogP contribution in [0.2, 0.25) is 0 Å².